The number of amides is 1. The molecule has 0 atom stereocenters. The van der Waals surface area contributed by atoms with Crippen LogP contribution in [-0.2, 0) is 15.4 Å². The molecular formula is C26H24F2N2O4S. The second-order valence-electron chi connectivity index (χ2n) is 8.85. The summed E-state index contributed by atoms with van der Waals surface area (Å²) in [6.07, 6.45) is -1.95. The molecule has 1 saturated heterocycles. The lowest BCUT2D eigenvalue weighted by Crippen LogP contribution is -2.48. The predicted octanol–water partition coefficient (Wildman–Crippen LogP) is 5.37. The largest absolute Gasteiger partial charge is 0.415 e. The number of nitrogens with zero attached hydrogens (tertiary/aromatic N) is 2. The zero-order valence-electron chi connectivity index (χ0n) is 18.8. The highest BCUT2D eigenvalue weighted by Crippen LogP contribution is 2.48. The van der Waals surface area contributed by atoms with Gasteiger partial charge >= 0.3 is 6.09 Å². The van der Waals surface area contributed by atoms with Crippen molar-refractivity contribution in [1.82, 2.24) is 4.90 Å². The average molecular weight is 499 g/mol. The lowest BCUT2D eigenvalue weighted by Gasteiger charge is -2.39. The van der Waals surface area contributed by atoms with Crippen molar-refractivity contribution in [2.24, 2.45) is 0 Å². The number of halogens is 2. The number of sulfonamides is 1. The summed E-state index contributed by atoms with van der Waals surface area (Å²) < 4.78 is 59.8. The Labute approximate surface area is 202 Å². The third kappa shape index (κ3) is 4.25. The number of likely N-dealkylation sites (tertiary alicyclic amines) is 1. The van der Waals surface area contributed by atoms with Crippen molar-refractivity contribution in [3.8, 4) is 5.75 Å². The molecule has 35 heavy (non-hydrogen) atoms. The van der Waals surface area contributed by atoms with Gasteiger partial charge in [0.1, 0.15) is 5.75 Å². The molecule has 1 fully saturated rings. The highest BCUT2D eigenvalue weighted by atomic mass is 32.2. The number of piperidine rings is 1. The Morgan fingerprint density at radius 3 is 2.17 bits per heavy atom. The molecule has 0 unspecified atom stereocenters. The summed E-state index contributed by atoms with van der Waals surface area (Å²) in [7, 11) is -3.96. The molecule has 0 aliphatic carbocycles. The summed E-state index contributed by atoms with van der Waals surface area (Å²) in [6, 6.07) is 21.0. The first-order valence-electron chi connectivity index (χ1n) is 11.3. The van der Waals surface area contributed by atoms with Gasteiger partial charge in [-0.25, -0.2) is 22.0 Å². The van der Waals surface area contributed by atoms with E-state index in [1.807, 2.05) is 18.2 Å². The summed E-state index contributed by atoms with van der Waals surface area (Å²) >= 11 is 0. The molecule has 0 N–H and O–H groups in total. The number of alkyl halides is 2. The topological polar surface area (TPSA) is 66.9 Å². The van der Waals surface area contributed by atoms with Crippen LogP contribution in [0.1, 0.15) is 30.4 Å². The van der Waals surface area contributed by atoms with Crippen LogP contribution in [0.3, 0.4) is 0 Å². The highest BCUT2D eigenvalue weighted by Gasteiger charge is 2.48. The van der Waals surface area contributed by atoms with Gasteiger partial charge in [-0.15, -0.1) is 0 Å². The Bertz CT molecular complexity index is 1320. The number of para-hydroxylation sites is 2. The molecule has 0 bridgehead atoms. The van der Waals surface area contributed by atoms with Crippen LogP contribution in [0.15, 0.2) is 83.8 Å². The maximum atomic E-state index is 13.5. The molecular weight excluding hydrogens is 474 g/mol. The van der Waals surface area contributed by atoms with Crippen molar-refractivity contribution in [3.05, 3.63) is 90.0 Å². The van der Waals surface area contributed by atoms with Crippen molar-refractivity contribution in [3.63, 3.8) is 0 Å². The fraction of sp³-hybridized carbons (Fsp3) is 0.269. The van der Waals surface area contributed by atoms with Crippen LogP contribution in [0, 0.1) is 0 Å². The van der Waals surface area contributed by atoms with Crippen LogP contribution in [0.4, 0.5) is 19.3 Å². The van der Waals surface area contributed by atoms with Gasteiger partial charge < -0.3 is 9.64 Å². The number of hydrogen-bond donors (Lipinski definition) is 0. The van der Waals surface area contributed by atoms with E-state index in [0.29, 0.717) is 37.4 Å². The third-order valence-electron chi connectivity index (χ3n) is 6.84. The molecule has 0 saturated carbocycles. The Balaban J connectivity index is 1.37. The third-order valence-corrected chi connectivity index (χ3v) is 8.61. The van der Waals surface area contributed by atoms with E-state index < -0.39 is 28.0 Å². The Morgan fingerprint density at radius 1 is 0.886 bits per heavy atom. The number of carbonyl (C=O) groups excluding carboxylic acids is 1. The van der Waals surface area contributed by atoms with Gasteiger partial charge in [0.15, 0.2) is 0 Å². The quantitative estimate of drug-likeness (QED) is 0.485. The zero-order valence-corrected chi connectivity index (χ0v) is 19.6. The lowest BCUT2D eigenvalue weighted by atomic mass is 9.74. The van der Waals surface area contributed by atoms with Crippen LogP contribution in [0.2, 0.25) is 0 Å². The van der Waals surface area contributed by atoms with E-state index in [-0.39, 0.29) is 17.0 Å². The van der Waals surface area contributed by atoms with Gasteiger partial charge in [-0.1, -0.05) is 48.5 Å². The number of anilines is 1. The fourth-order valence-electron chi connectivity index (χ4n) is 4.91. The van der Waals surface area contributed by atoms with E-state index in [1.165, 1.54) is 16.4 Å². The molecule has 2 heterocycles. The van der Waals surface area contributed by atoms with Crippen LogP contribution in [-0.4, -0.2) is 39.0 Å². The van der Waals surface area contributed by atoms with Crippen molar-refractivity contribution in [1.29, 1.82) is 0 Å². The number of carbonyl (C=O) groups is 1. The minimum atomic E-state index is -3.96. The molecule has 9 heteroatoms. The molecule has 182 valence electrons. The van der Waals surface area contributed by atoms with Crippen LogP contribution in [0.25, 0.3) is 0 Å². The van der Waals surface area contributed by atoms with Crippen molar-refractivity contribution >= 4 is 21.8 Å². The molecule has 2 aliphatic rings. The lowest BCUT2D eigenvalue weighted by molar-refractivity contribution is 0.125. The van der Waals surface area contributed by atoms with Crippen LogP contribution < -0.4 is 9.04 Å². The van der Waals surface area contributed by atoms with Crippen molar-refractivity contribution < 1.29 is 26.7 Å². The Kier molecular flexibility index (Phi) is 5.96. The first kappa shape index (κ1) is 23.3. The van der Waals surface area contributed by atoms with E-state index in [1.54, 1.807) is 41.3 Å². The van der Waals surface area contributed by atoms with Gasteiger partial charge in [0, 0.05) is 30.6 Å². The molecule has 1 amide bonds. The zero-order chi connectivity index (χ0) is 24.6. The van der Waals surface area contributed by atoms with E-state index >= 15 is 0 Å². The molecule has 3 aromatic carbocycles. The SMILES string of the molecule is O=C(Oc1ccccc1)N1CCC2(CC1)CN(S(=O)(=O)c1ccc(C(F)F)cc1)c1ccccc12. The van der Waals surface area contributed by atoms with Gasteiger partial charge in [-0.2, -0.15) is 0 Å². The van der Waals surface area contributed by atoms with Crippen molar-refractivity contribution in [2.45, 2.75) is 29.6 Å². The summed E-state index contributed by atoms with van der Waals surface area (Å²) in [6.45, 7) is 1.08. The molecule has 0 aromatic heterocycles. The van der Waals surface area contributed by atoms with Gasteiger partial charge in [-0.05, 0) is 48.7 Å². The van der Waals surface area contributed by atoms with Gasteiger partial charge in [0.05, 0.1) is 10.6 Å². The molecule has 5 rings (SSSR count). The maximum Gasteiger partial charge on any atom is 0.415 e. The summed E-state index contributed by atoms with van der Waals surface area (Å²) in [5.41, 5.74) is 0.836. The standard InChI is InChI=1S/C26H24F2N2O4S/c27-24(28)19-10-12-21(13-11-19)35(32,33)30-18-26(22-8-4-5-9-23(22)30)14-16-29(17-15-26)25(31)34-20-6-2-1-3-7-20/h1-13,24H,14-18H2. The first-order valence-corrected chi connectivity index (χ1v) is 12.8. The van der Waals surface area contributed by atoms with Gasteiger partial charge in [0.25, 0.3) is 16.4 Å². The molecule has 3 aromatic rings. The number of benzene rings is 3. The highest BCUT2D eigenvalue weighted by molar-refractivity contribution is 7.92. The number of ether oxygens (including phenoxy) is 1. The van der Waals surface area contributed by atoms with E-state index in [9.17, 15) is 22.0 Å². The Hall–Kier alpha value is -3.46. The van der Waals surface area contributed by atoms with Crippen LogP contribution in [0.5, 0.6) is 5.75 Å². The molecule has 2 aliphatic heterocycles. The minimum Gasteiger partial charge on any atom is -0.410 e. The fourth-order valence-corrected chi connectivity index (χ4v) is 6.48. The second kappa shape index (κ2) is 8.96. The smallest absolute Gasteiger partial charge is 0.410 e. The molecule has 6 nitrogen and oxygen atoms in total. The van der Waals surface area contributed by atoms with Gasteiger partial charge in [-0.3, -0.25) is 4.31 Å². The van der Waals surface area contributed by atoms with Crippen LogP contribution >= 0.6 is 0 Å². The predicted molar refractivity (Wildman–Crippen MR) is 127 cm³/mol. The average Bonchev–Trinajstić information content (AvgIpc) is 3.20. The second-order valence-corrected chi connectivity index (χ2v) is 10.7. The van der Waals surface area contributed by atoms with E-state index in [4.69, 9.17) is 4.74 Å². The van der Waals surface area contributed by atoms with Crippen molar-refractivity contribution in [2.75, 3.05) is 23.9 Å². The first-order chi connectivity index (χ1) is 16.8. The monoisotopic (exact) mass is 498 g/mol. The van der Waals surface area contributed by atoms with E-state index in [2.05, 4.69) is 0 Å². The normalized spacial score (nSPS) is 17.0. The summed E-state index contributed by atoms with van der Waals surface area (Å²) in [5, 5.41) is 0. The number of hydrogen-bond acceptors (Lipinski definition) is 4. The Morgan fingerprint density at radius 2 is 1.51 bits per heavy atom. The molecule has 0 radical (unpaired) electrons. The molecule has 1 spiro atoms. The number of fused-ring (bicyclic) bond motifs is 2. The maximum absolute atomic E-state index is 13.5. The number of rotatable bonds is 4. The van der Waals surface area contributed by atoms with E-state index in [0.717, 1.165) is 17.7 Å². The van der Waals surface area contributed by atoms with Gasteiger partial charge in [0.2, 0.25) is 0 Å². The summed E-state index contributed by atoms with van der Waals surface area (Å²) in [4.78, 5) is 14.3. The summed E-state index contributed by atoms with van der Waals surface area (Å²) in [5.74, 6) is 0.471. The minimum absolute atomic E-state index is 0.0300.